The van der Waals surface area contributed by atoms with E-state index in [-0.39, 0.29) is 0 Å². The molecular formula is C6H16ClO4PSi. The number of hydrogen-bond donors (Lipinski definition) is 2. The van der Waals surface area contributed by atoms with Gasteiger partial charge in [0.25, 0.3) is 0 Å². The van der Waals surface area contributed by atoms with Crippen LogP contribution in [0.5, 0.6) is 0 Å². The van der Waals surface area contributed by atoms with Crippen LogP contribution in [-0.4, -0.2) is 23.4 Å². The first-order chi connectivity index (χ1) is 5.60. The van der Waals surface area contributed by atoms with Crippen LogP contribution in [0.3, 0.4) is 0 Å². The van der Waals surface area contributed by atoms with Crippen LogP contribution in [0.4, 0.5) is 0 Å². The molecule has 80 valence electrons. The van der Waals surface area contributed by atoms with Gasteiger partial charge < -0.3 is 9.79 Å². The van der Waals surface area contributed by atoms with Gasteiger partial charge in [-0.1, -0.05) is 37.3 Å². The molecule has 0 rings (SSSR count). The largest absolute Gasteiger partial charge is 0.471 e. The van der Waals surface area contributed by atoms with Crippen molar-refractivity contribution in [3.63, 3.8) is 0 Å². The van der Waals surface area contributed by atoms with E-state index in [0.29, 0.717) is 6.42 Å². The van der Waals surface area contributed by atoms with Gasteiger partial charge in [-0.3, -0.25) is 4.52 Å². The summed E-state index contributed by atoms with van der Waals surface area (Å²) in [7, 11) is -5.63. The molecule has 0 fully saturated rings. The molecule has 4 nitrogen and oxygen atoms in total. The highest BCUT2D eigenvalue weighted by molar-refractivity contribution is 7.46. The molecule has 2 N–H and O–H groups in total. The van der Waals surface area contributed by atoms with Crippen molar-refractivity contribution < 1.29 is 18.9 Å². The lowest BCUT2D eigenvalue weighted by Crippen LogP contribution is -2.21. The Hall–Kier alpha value is 0.617. The Morgan fingerprint density at radius 1 is 1.46 bits per heavy atom. The van der Waals surface area contributed by atoms with Gasteiger partial charge in [0.05, 0.1) is 0 Å². The van der Waals surface area contributed by atoms with Crippen molar-refractivity contribution in [2.75, 3.05) is 0 Å². The predicted octanol–water partition coefficient (Wildman–Crippen LogP) is 2.39. The maximum absolute atomic E-state index is 10.4. The van der Waals surface area contributed by atoms with E-state index in [1.54, 1.807) is 0 Å². The summed E-state index contributed by atoms with van der Waals surface area (Å²) in [5, 5.41) is 0. The summed E-state index contributed by atoms with van der Waals surface area (Å²) < 4.78 is 14.7. The molecule has 13 heavy (non-hydrogen) atoms. The van der Waals surface area contributed by atoms with E-state index in [1.165, 1.54) is 0 Å². The van der Waals surface area contributed by atoms with Gasteiger partial charge in [0.2, 0.25) is 0 Å². The lowest BCUT2D eigenvalue weighted by atomic mass is 10.5. The standard InChI is InChI=1S/C6H16ClO4PSi/c1-13(2,3)5-4-6(7)11-12(8,9)10/h6H,4-5H2,1-3H3,(H2,8,9,10). The molecule has 0 saturated heterocycles. The molecule has 0 aliphatic carbocycles. The smallest absolute Gasteiger partial charge is 0.303 e. The maximum atomic E-state index is 10.4. The van der Waals surface area contributed by atoms with Crippen LogP contribution in [0.15, 0.2) is 0 Å². The van der Waals surface area contributed by atoms with Gasteiger partial charge in [-0.2, -0.15) is 0 Å². The van der Waals surface area contributed by atoms with Crippen molar-refractivity contribution in [2.24, 2.45) is 0 Å². The molecule has 0 aliphatic rings. The first-order valence-electron chi connectivity index (χ1n) is 3.98. The van der Waals surface area contributed by atoms with Crippen LogP contribution >= 0.6 is 19.4 Å². The molecule has 1 atom stereocenters. The van der Waals surface area contributed by atoms with Crippen LogP contribution in [0, 0.1) is 0 Å². The molecule has 0 saturated carbocycles. The van der Waals surface area contributed by atoms with Crippen molar-refractivity contribution in [1.29, 1.82) is 0 Å². The monoisotopic (exact) mass is 246 g/mol. The second-order valence-electron chi connectivity index (χ2n) is 4.11. The lowest BCUT2D eigenvalue weighted by Gasteiger charge is -2.18. The molecule has 0 aliphatic heterocycles. The average molecular weight is 247 g/mol. The topological polar surface area (TPSA) is 66.8 Å². The number of rotatable bonds is 5. The molecule has 0 spiro atoms. The van der Waals surface area contributed by atoms with Crippen LogP contribution in [-0.2, 0) is 9.09 Å². The van der Waals surface area contributed by atoms with Gasteiger partial charge in [-0.15, -0.1) is 0 Å². The highest BCUT2D eigenvalue weighted by Gasteiger charge is 2.22. The van der Waals surface area contributed by atoms with Gasteiger partial charge >= 0.3 is 7.82 Å². The zero-order valence-corrected chi connectivity index (χ0v) is 10.7. The normalized spacial score (nSPS) is 15.8. The Morgan fingerprint density at radius 2 is 1.92 bits per heavy atom. The Morgan fingerprint density at radius 3 is 2.23 bits per heavy atom. The van der Waals surface area contributed by atoms with Gasteiger partial charge in [0, 0.05) is 8.07 Å². The average Bonchev–Trinajstić information content (AvgIpc) is 1.78. The molecule has 0 aromatic rings. The highest BCUT2D eigenvalue weighted by atomic mass is 35.5. The first-order valence-corrected chi connectivity index (χ1v) is 9.65. The van der Waals surface area contributed by atoms with E-state index in [1.807, 2.05) is 0 Å². The summed E-state index contributed by atoms with van der Waals surface area (Å²) in [5.74, 6) is 0. The molecular weight excluding hydrogens is 231 g/mol. The number of alkyl halides is 1. The van der Waals surface area contributed by atoms with Crippen LogP contribution in [0.1, 0.15) is 6.42 Å². The third-order valence-electron chi connectivity index (χ3n) is 1.37. The van der Waals surface area contributed by atoms with Gasteiger partial charge in [-0.25, -0.2) is 4.57 Å². The molecule has 0 aromatic heterocycles. The summed E-state index contributed by atoms with van der Waals surface area (Å²) in [5.41, 5.74) is -0.882. The van der Waals surface area contributed by atoms with Crippen LogP contribution < -0.4 is 0 Å². The minimum absolute atomic E-state index is 0.488. The lowest BCUT2D eigenvalue weighted by molar-refractivity contribution is 0.176. The van der Waals surface area contributed by atoms with Crippen molar-refractivity contribution in [3.05, 3.63) is 0 Å². The first kappa shape index (κ1) is 13.6. The quantitative estimate of drug-likeness (QED) is 0.444. The summed E-state index contributed by atoms with van der Waals surface area (Å²) in [6.07, 6.45) is 0.488. The minimum atomic E-state index is -4.42. The molecule has 0 radical (unpaired) electrons. The van der Waals surface area contributed by atoms with Crippen LogP contribution in [0.25, 0.3) is 0 Å². The van der Waals surface area contributed by atoms with Gasteiger partial charge in [-0.05, 0) is 6.42 Å². The van der Waals surface area contributed by atoms with Crippen LogP contribution in [0.2, 0.25) is 25.7 Å². The Kier molecular flexibility index (Phi) is 5.15. The summed E-state index contributed by atoms with van der Waals surface area (Å²) in [4.78, 5) is 16.9. The maximum Gasteiger partial charge on any atom is 0.471 e. The number of phosphoric acid groups is 1. The number of halogens is 1. The molecule has 1 unspecified atom stereocenters. The summed E-state index contributed by atoms with van der Waals surface area (Å²) in [6.45, 7) is 6.48. The fourth-order valence-corrected chi connectivity index (χ4v) is 2.88. The van der Waals surface area contributed by atoms with E-state index in [0.717, 1.165) is 6.04 Å². The van der Waals surface area contributed by atoms with Crippen molar-refractivity contribution in [3.8, 4) is 0 Å². The highest BCUT2D eigenvalue weighted by Crippen LogP contribution is 2.39. The SMILES string of the molecule is C[Si](C)(C)CCC(Cl)OP(=O)(O)O. The second-order valence-corrected chi connectivity index (χ2v) is 11.4. The van der Waals surface area contributed by atoms with E-state index < -0.39 is 21.5 Å². The number of hydrogen-bond acceptors (Lipinski definition) is 2. The van der Waals surface area contributed by atoms with Gasteiger partial charge in [0.1, 0.15) is 5.56 Å². The summed E-state index contributed by atoms with van der Waals surface area (Å²) in [6, 6.07) is 0.890. The molecule has 0 bridgehead atoms. The molecule has 0 aromatic carbocycles. The third-order valence-corrected chi connectivity index (χ3v) is 4.12. The zero-order valence-electron chi connectivity index (χ0n) is 8.03. The minimum Gasteiger partial charge on any atom is -0.303 e. The van der Waals surface area contributed by atoms with E-state index in [2.05, 4.69) is 24.2 Å². The van der Waals surface area contributed by atoms with Crippen molar-refractivity contribution >= 4 is 27.5 Å². The summed E-state index contributed by atoms with van der Waals surface area (Å²) >= 11 is 5.58. The van der Waals surface area contributed by atoms with E-state index >= 15 is 0 Å². The van der Waals surface area contributed by atoms with E-state index in [4.69, 9.17) is 21.4 Å². The molecule has 0 amide bonds. The van der Waals surface area contributed by atoms with E-state index in [9.17, 15) is 4.57 Å². The zero-order chi connectivity index (χ0) is 10.7. The van der Waals surface area contributed by atoms with Crippen molar-refractivity contribution in [2.45, 2.75) is 37.7 Å². The second kappa shape index (κ2) is 4.91. The fourth-order valence-electron chi connectivity index (χ4n) is 0.748. The molecule has 7 heteroatoms. The Labute approximate surface area is 84.5 Å². The molecule has 0 heterocycles. The third kappa shape index (κ3) is 10.5. The Bertz CT molecular complexity index is 199. The Balaban J connectivity index is 3.77. The van der Waals surface area contributed by atoms with Gasteiger partial charge in [0.15, 0.2) is 0 Å². The number of phosphoric ester groups is 1. The predicted molar refractivity (Wildman–Crippen MR) is 55.5 cm³/mol. The fraction of sp³-hybridized carbons (Fsp3) is 1.00. The van der Waals surface area contributed by atoms with Crippen molar-refractivity contribution in [1.82, 2.24) is 0 Å².